The fourth-order valence-electron chi connectivity index (χ4n) is 4.38. The zero-order valence-corrected chi connectivity index (χ0v) is 16.1. The van der Waals surface area contributed by atoms with Gasteiger partial charge in [-0.3, -0.25) is 28.9 Å². The zero-order valence-electron chi connectivity index (χ0n) is 16.1. The second-order valence-electron chi connectivity index (χ2n) is 7.86. The standard InChI is InChI=1S/C21H22N2O6/c1-11-15-8-12(6-7-16(15)22-19(11)26)17(24)10-29-18(25)9-23-20(27)13-4-2-3-5-14(13)21(23)28/h6-8,11,13-14H,2-5,9-10H2,1H3,(H,22,26)/t11-,13-,14+/m0/s1. The molecule has 0 radical (unpaired) electrons. The van der Waals surface area contributed by atoms with E-state index in [0.717, 1.165) is 23.3 Å². The summed E-state index contributed by atoms with van der Waals surface area (Å²) in [5.74, 6) is -2.95. The molecule has 1 aromatic rings. The number of ketones is 1. The van der Waals surface area contributed by atoms with Crippen LogP contribution in [-0.2, 0) is 23.9 Å². The van der Waals surface area contributed by atoms with E-state index in [4.69, 9.17) is 4.74 Å². The Morgan fingerprint density at radius 3 is 2.41 bits per heavy atom. The number of carbonyl (C=O) groups is 5. The Morgan fingerprint density at radius 1 is 1.10 bits per heavy atom. The molecule has 0 unspecified atom stereocenters. The molecule has 29 heavy (non-hydrogen) atoms. The maximum absolute atomic E-state index is 12.4. The van der Waals surface area contributed by atoms with Crippen LogP contribution in [0, 0.1) is 11.8 Å². The Morgan fingerprint density at radius 2 is 1.76 bits per heavy atom. The molecule has 0 bridgehead atoms. The summed E-state index contributed by atoms with van der Waals surface area (Å²) in [6, 6.07) is 4.83. The van der Waals surface area contributed by atoms with Crippen LogP contribution in [0.3, 0.4) is 0 Å². The number of fused-ring (bicyclic) bond motifs is 2. The maximum Gasteiger partial charge on any atom is 0.326 e. The van der Waals surface area contributed by atoms with Crippen molar-refractivity contribution in [3.63, 3.8) is 0 Å². The lowest BCUT2D eigenvalue weighted by atomic mass is 9.81. The normalized spacial score (nSPS) is 25.5. The Kier molecular flexibility index (Phi) is 4.94. The maximum atomic E-state index is 12.4. The lowest BCUT2D eigenvalue weighted by molar-refractivity contribution is -0.152. The largest absolute Gasteiger partial charge is 0.456 e. The molecule has 8 heteroatoms. The average molecular weight is 398 g/mol. The molecule has 3 amide bonds. The molecular formula is C21H22N2O6. The summed E-state index contributed by atoms with van der Waals surface area (Å²) in [6.45, 7) is 0.797. The molecule has 1 N–H and O–H groups in total. The topological polar surface area (TPSA) is 110 Å². The third kappa shape index (κ3) is 3.43. The molecule has 1 saturated carbocycles. The van der Waals surface area contributed by atoms with Gasteiger partial charge in [0.05, 0.1) is 17.8 Å². The number of amides is 3. The molecular weight excluding hydrogens is 376 g/mol. The molecule has 3 aliphatic rings. The van der Waals surface area contributed by atoms with Gasteiger partial charge in [0.15, 0.2) is 12.4 Å². The average Bonchev–Trinajstić information content (AvgIpc) is 3.14. The number of nitrogens with one attached hydrogen (secondary N) is 1. The van der Waals surface area contributed by atoms with Crippen molar-refractivity contribution in [1.29, 1.82) is 0 Å². The second kappa shape index (κ2) is 7.42. The number of hydrogen-bond donors (Lipinski definition) is 1. The Balaban J connectivity index is 1.34. The zero-order chi connectivity index (χ0) is 20.7. The van der Waals surface area contributed by atoms with E-state index in [0.29, 0.717) is 24.1 Å². The van der Waals surface area contributed by atoms with E-state index < -0.39 is 24.9 Å². The van der Waals surface area contributed by atoms with Gasteiger partial charge in [-0.2, -0.15) is 0 Å². The second-order valence-corrected chi connectivity index (χ2v) is 7.86. The number of Topliss-reactive ketones (excluding diaryl/α,β-unsaturated/α-hetero) is 1. The van der Waals surface area contributed by atoms with E-state index in [1.54, 1.807) is 25.1 Å². The first-order valence-corrected chi connectivity index (χ1v) is 9.85. The number of benzene rings is 1. The first-order chi connectivity index (χ1) is 13.9. The fraction of sp³-hybridized carbons (Fsp3) is 0.476. The highest BCUT2D eigenvalue weighted by Crippen LogP contribution is 2.38. The van der Waals surface area contributed by atoms with Crippen LogP contribution in [0.2, 0.25) is 0 Å². The van der Waals surface area contributed by atoms with Crippen LogP contribution >= 0.6 is 0 Å². The van der Waals surface area contributed by atoms with Gasteiger partial charge in [0.25, 0.3) is 0 Å². The molecule has 2 heterocycles. The highest BCUT2D eigenvalue weighted by Gasteiger charge is 2.48. The van der Waals surface area contributed by atoms with Gasteiger partial charge in [0.1, 0.15) is 6.54 Å². The molecule has 2 aliphatic heterocycles. The number of esters is 1. The van der Waals surface area contributed by atoms with Crippen LogP contribution in [-0.4, -0.2) is 47.5 Å². The van der Waals surface area contributed by atoms with Crippen molar-refractivity contribution in [3.8, 4) is 0 Å². The molecule has 8 nitrogen and oxygen atoms in total. The third-order valence-corrected chi connectivity index (χ3v) is 6.08. The van der Waals surface area contributed by atoms with E-state index in [9.17, 15) is 24.0 Å². The van der Waals surface area contributed by atoms with Crippen LogP contribution in [0.4, 0.5) is 5.69 Å². The molecule has 1 saturated heterocycles. The molecule has 152 valence electrons. The molecule has 4 rings (SSSR count). The molecule has 0 spiro atoms. The lowest BCUT2D eigenvalue weighted by Crippen LogP contribution is -2.37. The van der Waals surface area contributed by atoms with Crippen LogP contribution in [0.5, 0.6) is 0 Å². The van der Waals surface area contributed by atoms with Gasteiger partial charge in [0.2, 0.25) is 17.7 Å². The predicted octanol–water partition coefficient (Wildman–Crippen LogP) is 1.64. The summed E-state index contributed by atoms with van der Waals surface area (Å²) >= 11 is 0. The quantitative estimate of drug-likeness (QED) is 0.459. The van der Waals surface area contributed by atoms with Crippen molar-refractivity contribution in [2.45, 2.75) is 38.5 Å². The summed E-state index contributed by atoms with van der Waals surface area (Å²) in [5, 5.41) is 2.73. The first kappa shape index (κ1) is 19.3. The monoisotopic (exact) mass is 398 g/mol. The van der Waals surface area contributed by atoms with Crippen molar-refractivity contribution in [2.75, 3.05) is 18.5 Å². The molecule has 1 aromatic carbocycles. The van der Waals surface area contributed by atoms with E-state index >= 15 is 0 Å². The Hall–Kier alpha value is -3.03. The number of nitrogens with zero attached hydrogens (tertiary/aromatic N) is 1. The van der Waals surface area contributed by atoms with E-state index in [2.05, 4.69) is 5.32 Å². The number of imide groups is 1. The summed E-state index contributed by atoms with van der Waals surface area (Å²) in [7, 11) is 0. The van der Waals surface area contributed by atoms with Gasteiger partial charge in [-0.1, -0.05) is 12.8 Å². The highest BCUT2D eigenvalue weighted by atomic mass is 16.5. The Labute approximate surface area is 167 Å². The van der Waals surface area contributed by atoms with Crippen molar-refractivity contribution in [2.24, 2.45) is 11.8 Å². The van der Waals surface area contributed by atoms with Crippen molar-refractivity contribution in [3.05, 3.63) is 29.3 Å². The van der Waals surface area contributed by atoms with Crippen LogP contribution in [0.15, 0.2) is 18.2 Å². The van der Waals surface area contributed by atoms with E-state index in [1.807, 2.05) is 0 Å². The number of ether oxygens (including phenoxy) is 1. The fourth-order valence-corrected chi connectivity index (χ4v) is 4.38. The minimum atomic E-state index is -0.787. The number of hydrogen-bond acceptors (Lipinski definition) is 6. The van der Waals surface area contributed by atoms with E-state index in [-0.39, 0.29) is 35.5 Å². The molecule has 1 aliphatic carbocycles. The van der Waals surface area contributed by atoms with Gasteiger partial charge in [-0.15, -0.1) is 0 Å². The van der Waals surface area contributed by atoms with Gasteiger partial charge in [-0.25, -0.2) is 0 Å². The highest BCUT2D eigenvalue weighted by molar-refractivity contribution is 6.07. The first-order valence-electron chi connectivity index (χ1n) is 9.85. The molecule has 0 aromatic heterocycles. The smallest absolute Gasteiger partial charge is 0.326 e. The van der Waals surface area contributed by atoms with Crippen molar-refractivity contribution in [1.82, 2.24) is 4.90 Å². The number of anilines is 1. The summed E-state index contributed by atoms with van der Waals surface area (Å²) in [4.78, 5) is 62.0. The number of rotatable bonds is 5. The number of likely N-dealkylation sites (tertiary alicyclic amines) is 1. The molecule has 3 atom stereocenters. The van der Waals surface area contributed by atoms with Crippen LogP contribution in [0.1, 0.15) is 54.4 Å². The van der Waals surface area contributed by atoms with Crippen LogP contribution in [0.25, 0.3) is 0 Å². The van der Waals surface area contributed by atoms with Gasteiger partial charge < -0.3 is 10.1 Å². The number of carbonyl (C=O) groups excluding carboxylic acids is 5. The molecule has 2 fully saturated rings. The Bertz CT molecular complexity index is 900. The van der Waals surface area contributed by atoms with E-state index in [1.165, 1.54) is 0 Å². The van der Waals surface area contributed by atoms with Gasteiger partial charge in [0, 0.05) is 11.3 Å². The third-order valence-electron chi connectivity index (χ3n) is 6.08. The van der Waals surface area contributed by atoms with Crippen LogP contribution < -0.4 is 5.32 Å². The predicted molar refractivity (Wildman–Crippen MR) is 101 cm³/mol. The van der Waals surface area contributed by atoms with Crippen molar-refractivity contribution >= 4 is 35.2 Å². The summed E-state index contributed by atoms with van der Waals surface area (Å²) in [5.41, 5.74) is 1.73. The SMILES string of the molecule is C[C@@H]1C(=O)Nc2ccc(C(=O)COC(=O)CN3C(=O)[C@H]4CCCC[C@H]4C3=O)cc21. The van der Waals surface area contributed by atoms with Crippen molar-refractivity contribution < 1.29 is 28.7 Å². The minimum absolute atomic E-state index is 0.128. The summed E-state index contributed by atoms with van der Waals surface area (Å²) < 4.78 is 5.02. The van der Waals surface area contributed by atoms with Gasteiger partial charge in [-0.05, 0) is 43.5 Å². The lowest BCUT2D eigenvalue weighted by Gasteiger charge is -2.19. The van der Waals surface area contributed by atoms with Gasteiger partial charge >= 0.3 is 5.97 Å². The summed E-state index contributed by atoms with van der Waals surface area (Å²) in [6.07, 6.45) is 3.17. The minimum Gasteiger partial charge on any atom is -0.456 e.